The van der Waals surface area contributed by atoms with Crippen LogP contribution in [-0.2, 0) is 20.8 Å². The number of carbonyl (C=O) groups excluding carboxylic acids is 3. The van der Waals surface area contributed by atoms with E-state index in [4.69, 9.17) is 19.2 Å². The summed E-state index contributed by atoms with van der Waals surface area (Å²) in [5.41, 5.74) is 4.85. The summed E-state index contributed by atoms with van der Waals surface area (Å²) in [6, 6.07) is 18.7. The average Bonchev–Trinajstić information content (AvgIpc) is 3.17. The van der Waals surface area contributed by atoms with Crippen molar-refractivity contribution in [2.24, 2.45) is 11.3 Å². The molecule has 0 aliphatic carbocycles. The van der Waals surface area contributed by atoms with E-state index in [2.05, 4.69) is 66.5 Å². The normalized spacial score (nSPS) is 17.8. The van der Waals surface area contributed by atoms with Crippen LogP contribution in [0.3, 0.4) is 0 Å². The zero-order valence-corrected chi connectivity index (χ0v) is 32.4. The topological polar surface area (TPSA) is 144 Å². The van der Waals surface area contributed by atoms with Crippen LogP contribution in [0.1, 0.15) is 81.9 Å². The number of ether oxygens (including phenoxy) is 3. The second-order valence-electron chi connectivity index (χ2n) is 15.5. The quantitative estimate of drug-likeness (QED) is 0.137. The number of benzene rings is 2. The molecule has 4 heterocycles. The second kappa shape index (κ2) is 17.8. The van der Waals surface area contributed by atoms with E-state index in [9.17, 15) is 14.4 Å². The summed E-state index contributed by atoms with van der Waals surface area (Å²) in [6.07, 6.45) is 7.26. The number of hydrogen-bond acceptors (Lipinski definition) is 9. The van der Waals surface area contributed by atoms with Crippen molar-refractivity contribution >= 4 is 51.6 Å². The first-order valence-corrected chi connectivity index (χ1v) is 19.1. The Kier molecular flexibility index (Phi) is 12.7. The molecule has 0 radical (unpaired) electrons. The molecular formula is C43H52N6O6. The summed E-state index contributed by atoms with van der Waals surface area (Å²) in [4.78, 5) is 51.7. The molecule has 3 amide bonds. The molecule has 6 rings (SSSR count). The number of anilines is 3. The fourth-order valence-corrected chi connectivity index (χ4v) is 7.15. The highest BCUT2D eigenvalue weighted by atomic mass is 16.6. The van der Waals surface area contributed by atoms with Gasteiger partial charge in [0, 0.05) is 30.7 Å². The molecule has 3 N–H and O–H groups in total. The lowest BCUT2D eigenvalue weighted by molar-refractivity contribution is 0.0235. The molecule has 0 spiro atoms. The van der Waals surface area contributed by atoms with Crippen molar-refractivity contribution in [3.8, 4) is 0 Å². The van der Waals surface area contributed by atoms with Gasteiger partial charge in [-0.15, -0.1) is 0 Å². The van der Waals surface area contributed by atoms with Gasteiger partial charge in [-0.05, 0) is 65.5 Å². The van der Waals surface area contributed by atoms with Gasteiger partial charge in [0.15, 0.2) is 5.69 Å². The number of alkyl carbamates (subject to hydrolysis) is 1. The summed E-state index contributed by atoms with van der Waals surface area (Å²) < 4.78 is 16.9. The molecule has 1 fully saturated rings. The average molecular weight is 749 g/mol. The lowest BCUT2D eigenvalue weighted by atomic mass is 9.86. The number of rotatable bonds is 11. The number of nitrogens with one attached hydrogen (secondary N) is 3. The number of fused-ring (bicyclic) bond motifs is 1. The van der Waals surface area contributed by atoms with Crippen molar-refractivity contribution in [1.82, 2.24) is 15.3 Å². The predicted octanol–water partition coefficient (Wildman–Crippen LogP) is 8.59. The van der Waals surface area contributed by atoms with Gasteiger partial charge in [0.05, 0.1) is 42.0 Å². The highest BCUT2D eigenvalue weighted by Crippen LogP contribution is 2.32. The second-order valence-corrected chi connectivity index (χ2v) is 15.5. The molecule has 2 aliphatic rings. The molecule has 1 saturated heterocycles. The van der Waals surface area contributed by atoms with Crippen molar-refractivity contribution in [3.05, 3.63) is 96.0 Å². The van der Waals surface area contributed by atoms with E-state index in [1.807, 2.05) is 54.6 Å². The van der Waals surface area contributed by atoms with E-state index in [0.29, 0.717) is 37.5 Å². The smallest absolute Gasteiger partial charge is 0.412 e. The molecule has 55 heavy (non-hydrogen) atoms. The number of amides is 3. The van der Waals surface area contributed by atoms with E-state index in [-0.39, 0.29) is 41.5 Å². The van der Waals surface area contributed by atoms with Crippen molar-refractivity contribution < 1.29 is 28.6 Å². The molecule has 12 nitrogen and oxygen atoms in total. The summed E-state index contributed by atoms with van der Waals surface area (Å²) in [5, 5.41) is 9.65. The molecular weight excluding hydrogens is 697 g/mol. The summed E-state index contributed by atoms with van der Waals surface area (Å²) in [5.74, 6) is -0.289. The van der Waals surface area contributed by atoms with Crippen LogP contribution >= 0.6 is 0 Å². The number of aromatic nitrogens is 2. The van der Waals surface area contributed by atoms with Gasteiger partial charge >= 0.3 is 12.2 Å². The largest absolute Gasteiger partial charge is 0.446 e. The zero-order chi connectivity index (χ0) is 39.0. The van der Waals surface area contributed by atoms with E-state index in [1.54, 1.807) is 18.5 Å². The monoisotopic (exact) mass is 748 g/mol. The van der Waals surface area contributed by atoms with E-state index in [1.165, 1.54) is 0 Å². The third-order valence-electron chi connectivity index (χ3n) is 9.95. The number of nitrogens with zero attached hydrogens (tertiary/aromatic N) is 3. The van der Waals surface area contributed by atoms with Crippen LogP contribution in [0.5, 0.6) is 0 Å². The Morgan fingerprint density at radius 3 is 2.56 bits per heavy atom. The third kappa shape index (κ3) is 10.4. The lowest BCUT2D eigenvalue weighted by Crippen LogP contribution is -2.51. The molecule has 2 aliphatic heterocycles. The summed E-state index contributed by atoms with van der Waals surface area (Å²) in [6.45, 7) is 12.9. The predicted molar refractivity (Wildman–Crippen MR) is 215 cm³/mol. The molecule has 2 aromatic heterocycles. The van der Waals surface area contributed by atoms with Crippen LogP contribution in [0.25, 0.3) is 16.5 Å². The molecule has 4 aromatic rings. The van der Waals surface area contributed by atoms with Gasteiger partial charge in [-0.1, -0.05) is 89.6 Å². The minimum absolute atomic E-state index is 0.0202. The Morgan fingerprint density at radius 2 is 1.82 bits per heavy atom. The van der Waals surface area contributed by atoms with Gasteiger partial charge in [0.2, 0.25) is 0 Å². The standard InChI is InChI=1S/C43H52N6O6/c1-6-10-38(43(3,4)5)55-42(52)45-33-21-28(2)25-49(26-33)37-15-18-44-24-36(37)47-40(50)39-35(48-41(51)54-27-29-11-8-7-9-12-29)23-32-14-13-31(22-34(32)46-39)30-16-19-53-20-17-30/h7-9,11-16,18,22-24,28,33,38H,6,10,17,19-21,25-27H2,1-5H3,(H,45,52)(H,47,50)(H,48,51)/t28-,33+,38?/m1/s1. The SMILES string of the molecule is CCCC(OC(=O)N[C@H]1C[C@@H](C)CN(c2ccncc2NC(=O)c2nc3cc(C4=CCOCC4)ccc3cc2NC(=O)OCc2ccccc2)C1)C(C)(C)C. The molecule has 1 unspecified atom stereocenters. The lowest BCUT2D eigenvalue weighted by Gasteiger charge is -2.39. The van der Waals surface area contributed by atoms with Crippen LogP contribution in [0.2, 0.25) is 0 Å². The van der Waals surface area contributed by atoms with Gasteiger partial charge in [-0.3, -0.25) is 15.1 Å². The zero-order valence-electron chi connectivity index (χ0n) is 32.4. The van der Waals surface area contributed by atoms with Crippen LogP contribution < -0.4 is 20.9 Å². The first-order valence-electron chi connectivity index (χ1n) is 19.1. The maximum Gasteiger partial charge on any atom is 0.412 e. The van der Waals surface area contributed by atoms with Crippen molar-refractivity contribution in [3.63, 3.8) is 0 Å². The van der Waals surface area contributed by atoms with E-state index < -0.39 is 18.1 Å². The number of pyridine rings is 2. The molecule has 0 saturated carbocycles. The van der Waals surface area contributed by atoms with Gasteiger partial charge in [-0.25, -0.2) is 14.6 Å². The first-order chi connectivity index (χ1) is 26.5. The highest BCUT2D eigenvalue weighted by molar-refractivity contribution is 6.11. The minimum atomic E-state index is -0.715. The molecule has 290 valence electrons. The Morgan fingerprint density at radius 1 is 1.00 bits per heavy atom. The maximum absolute atomic E-state index is 14.3. The van der Waals surface area contributed by atoms with Crippen molar-refractivity contribution in [2.75, 3.05) is 41.8 Å². The maximum atomic E-state index is 14.3. The third-order valence-corrected chi connectivity index (χ3v) is 9.95. The van der Waals surface area contributed by atoms with E-state index >= 15 is 0 Å². The van der Waals surface area contributed by atoms with Crippen LogP contribution in [0, 0.1) is 11.3 Å². The van der Waals surface area contributed by atoms with Gasteiger partial charge in [-0.2, -0.15) is 0 Å². The van der Waals surface area contributed by atoms with Crippen molar-refractivity contribution in [1.29, 1.82) is 0 Å². The van der Waals surface area contributed by atoms with Gasteiger partial charge < -0.3 is 29.7 Å². The van der Waals surface area contributed by atoms with Crippen LogP contribution in [0.15, 0.2) is 79.1 Å². The number of carbonyl (C=O) groups is 3. The first kappa shape index (κ1) is 39.2. The highest BCUT2D eigenvalue weighted by Gasteiger charge is 2.32. The summed E-state index contributed by atoms with van der Waals surface area (Å²) >= 11 is 0. The molecule has 0 bridgehead atoms. The number of piperidine rings is 1. The van der Waals surface area contributed by atoms with Crippen LogP contribution in [-0.4, -0.2) is 66.5 Å². The minimum Gasteiger partial charge on any atom is -0.446 e. The fourth-order valence-electron chi connectivity index (χ4n) is 7.15. The summed E-state index contributed by atoms with van der Waals surface area (Å²) in [7, 11) is 0. The van der Waals surface area contributed by atoms with Gasteiger partial charge in [0.25, 0.3) is 5.91 Å². The van der Waals surface area contributed by atoms with Crippen LogP contribution in [0.4, 0.5) is 26.7 Å². The number of hydrogen-bond donors (Lipinski definition) is 3. The van der Waals surface area contributed by atoms with Crippen molar-refractivity contribution in [2.45, 2.75) is 79.1 Å². The molecule has 12 heteroatoms. The Balaban J connectivity index is 1.24. The Labute approximate surface area is 323 Å². The molecule has 2 aromatic carbocycles. The Hall–Kier alpha value is -5.49. The van der Waals surface area contributed by atoms with E-state index in [0.717, 1.165) is 53.5 Å². The van der Waals surface area contributed by atoms with Gasteiger partial charge in [0.1, 0.15) is 12.7 Å². The Bertz CT molecular complexity index is 2010. The fraction of sp³-hybridized carbons (Fsp3) is 0.419. The molecule has 3 atom stereocenters.